The molecular weight excluding hydrogens is 253 g/mol. The van der Waals surface area contributed by atoms with Crippen LogP contribution in [0.5, 0.6) is 0 Å². The first-order valence-corrected chi connectivity index (χ1v) is 5.54. The van der Waals surface area contributed by atoms with Crippen molar-refractivity contribution in [2.24, 2.45) is 4.99 Å². The molecule has 2 rings (SSSR count). The fraction of sp³-hybridized carbons (Fsp3) is 0.154. The van der Waals surface area contributed by atoms with Crippen molar-refractivity contribution in [2.45, 2.75) is 12.5 Å². The second-order valence-electron chi connectivity index (χ2n) is 3.81. The molecule has 0 aliphatic heterocycles. The molecule has 1 aromatic carbocycles. The molecule has 6 heteroatoms. The Labute approximate surface area is 133 Å². The number of carbonyl (C=O) groups is 1. The molecule has 0 radical (unpaired) electrons. The van der Waals surface area contributed by atoms with Crippen LogP contribution in [0.1, 0.15) is 11.3 Å². The van der Waals surface area contributed by atoms with Gasteiger partial charge in [-0.1, -0.05) is 30.3 Å². The summed E-state index contributed by atoms with van der Waals surface area (Å²) in [6, 6.07) is 8.59. The molecule has 0 aliphatic rings. The second-order valence-corrected chi connectivity index (χ2v) is 3.81. The molecular formula is C13H14N3NaO2. The first-order chi connectivity index (χ1) is 8.75. The summed E-state index contributed by atoms with van der Waals surface area (Å²) in [6.45, 7) is 0. The predicted octanol–water partition coefficient (Wildman–Crippen LogP) is 0.876. The van der Waals surface area contributed by atoms with Crippen LogP contribution in [0.3, 0.4) is 0 Å². The van der Waals surface area contributed by atoms with Crippen molar-refractivity contribution in [1.29, 1.82) is 0 Å². The van der Waals surface area contributed by atoms with Crippen molar-refractivity contribution < 1.29 is 9.90 Å². The number of aliphatic imine (C=N–C) groups is 1. The van der Waals surface area contributed by atoms with Gasteiger partial charge in [0, 0.05) is 18.8 Å². The van der Waals surface area contributed by atoms with Crippen LogP contribution < -0.4 is 0 Å². The Kier molecular flexibility index (Phi) is 6.49. The van der Waals surface area contributed by atoms with E-state index in [1.807, 2.05) is 30.3 Å². The van der Waals surface area contributed by atoms with E-state index >= 15 is 0 Å². The molecule has 0 amide bonds. The fourth-order valence-electron chi connectivity index (χ4n) is 1.52. The van der Waals surface area contributed by atoms with Crippen molar-refractivity contribution in [3.05, 3.63) is 54.1 Å². The van der Waals surface area contributed by atoms with Crippen molar-refractivity contribution in [2.75, 3.05) is 0 Å². The van der Waals surface area contributed by atoms with Gasteiger partial charge in [-0.25, -0.2) is 9.78 Å². The van der Waals surface area contributed by atoms with Crippen LogP contribution in [0.2, 0.25) is 0 Å². The molecule has 0 saturated heterocycles. The van der Waals surface area contributed by atoms with Crippen LogP contribution in [0.15, 0.2) is 47.8 Å². The van der Waals surface area contributed by atoms with Gasteiger partial charge in [0.2, 0.25) is 0 Å². The molecule has 2 aromatic rings. The van der Waals surface area contributed by atoms with Gasteiger partial charge in [-0.2, -0.15) is 0 Å². The van der Waals surface area contributed by atoms with Crippen molar-refractivity contribution in [3.8, 4) is 0 Å². The molecule has 19 heavy (non-hydrogen) atoms. The summed E-state index contributed by atoms with van der Waals surface area (Å²) < 4.78 is 0. The molecule has 1 heterocycles. The number of carboxylic acids is 1. The number of nitrogens with one attached hydrogen (secondary N) is 1. The number of benzene rings is 1. The van der Waals surface area contributed by atoms with Gasteiger partial charge in [-0.15, -0.1) is 0 Å². The summed E-state index contributed by atoms with van der Waals surface area (Å²) in [5.41, 5.74) is 1.57. The van der Waals surface area contributed by atoms with Gasteiger partial charge in [-0.05, 0) is 5.56 Å². The maximum absolute atomic E-state index is 11.1. The Morgan fingerprint density at radius 2 is 2.16 bits per heavy atom. The first kappa shape index (κ1) is 15.6. The van der Waals surface area contributed by atoms with E-state index in [-0.39, 0.29) is 36.0 Å². The van der Waals surface area contributed by atoms with Crippen LogP contribution in [-0.4, -0.2) is 62.9 Å². The molecule has 5 nitrogen and oxygen atoms in total. The summed E-state index contributed by atoms with van der Waals surface area (Å²) in [4.78, 5) is 22.0. The number of aromatic nitrogens is 2. The Balaban J connectivity index is 0.00000180. The quantitative estimate of drug-likeness (QED) is 0.623. The third-order valence-corrected chi connectivity index (χ3v) is 2.45. The standard InChI is InChI=1S/C13H13N3O2.Na.H/c17-13(18)12(6-11-8-14-9-16-11)15-7-10-4-2-1-3-5-10;;/h1-5,7-9,12H,6H2,(H,14,16)(H,17,18);;/b15-7+;;. The molecule has 1 unspecified atom stereocenters. The molecule has 0 fully saturated rings. The zero-order valence-electron chi connectivity index (χ0n) is 9.65. The normalized spacial score (nSPS) is 12.0. The average molecular weight is 267 g/mol. The number of hydrogen-bond acceptors (Lipinski definition) is 3. The van der Waals surface area contributed by atoms with Crippen LogP contribution >= 0.6 is 0 Å². The van der Waals surface area contributed by atoms with Crippen LogP contribution in [0.4, 0.5) is 0 Å². The van der Waals surface area contributed by atoms with E-state index in [2.05, 4.69) is 15.0 Å². The third-order valence-electron chi connectivity index (χ3n) is 2.45. The van der Waals surface area contributed by atoms with E-state index in [1.54, 1.807) is 12.4 Å². The Hall–Kier alpha value is -1.43. The summed E-state index contributed by atoms with van der Waals surface area (Å²) in [5, 5.41) is 9.10. The van der Waals surface area contributed by atoms with Gasteiger partial charge in [0.05, 0.1) is 12.0 Å². The molecule has 0 aliphatic carbocycles. The molecule has 2 N–H and O–H groups in total. The van der Waals surface area contributed by atoms with Gasteiger partial charge in [-0.3, -0.25) is 4.99 Å². The van der Waals surface area contributed by atoms with Crippen LogP contribution in [0.25, 0.3) is 0 Å². The van der Waals surface area contributed by atoms with E-state index in [4.69, 9.17) is 5.11 Å². The van der Waals surface area contributed by atoms with E-state index in [0.717, 1.165) is 5.56 Å². The van der Waals surface area contributed by atoms with E-state index in [0.29, 0.717) is 5.69 Å². The number of hydrogen-bond donors (Lipinski definition) is 2. The first-order valence-electron chi connectivity index (χ1n) is 5.54. The number of H-pyrrole nitrogens is 1. The zero-order chi connectivity index (χ0) is 12.8. The number of nitrogens with zero attached hydrogens (tertiary/aromatic N) is 2. The Morgan fingerprint density at radius 3 is 2.74 bits per heavy atom. The summed E-state index contributed by atoms with van der Waals surface area (Å²) in [5.74, 6) is -0.954. The van der Waals surface area contributed by atoms with E-state index in [1.165, 1.54) is 6.33 Å². The van der Waals surface area contributed by atoms with Crippen molar-refractivity contribution >= 4 is 41.7 Å². The summed E-state index contributed by atoms with van der Waals surface area (Å²) >= 11 is 0. The predicted molar refractivity (Wildman–Crippen MR) is 74.9 cm³/mol. The van der Waals surface area contributed by atoms with Gasteiger partial charge >= 0.3 is 35.5 Å². The minimum absolute atomic E-state index is 0. The molecule has 1 atom stereocenters. The summed E-state index contributed by atoms with van der Waals surface area (Å²) in [7, 11) is 0. The van der Waals surface area contributed by atoms with Crippen molar-refractivity contribution in [3.63, 3.8) is 0 Å². The molecule has 0 spiro atoms. The van der Waals surface area contributed by atoms with Gasteiger partial charge in [0.25, 0.3) is 0 Å². The molecule has 94 valence electrons. The molecule has 1 aromatic heterocycles. The van der Waals surface area contributed by atoms with Crippen LogP contribution in [-0.2, 0) is 11.2 Å². The average Bonchev–Trinajstić information content (AvgIpc) is 2.88. The topological polar surface area (TPSA) is 78.3 Å². The van der Waals surface area contributed by atoms with Gasteiger partial charge < -0.3 is 10.1 Å². The number of aromatic amines is 1. The number of rotatable bonds is 5. The summed E-state index contributed by atoms with van der Waals surface area (Å²) in [6.07, 6.45) is 5.05. The number of carboxylic acid groups (broad SMARTS) is 1. The zero-order valence-corrected chi connectivity index (χ0v) is 9.65. The van der Waals surface area contributed by atoms with Crippen LogP contribution in [0, 0.1) is 0 Å². The van der Waals surface area contributed by atoms with Gasteiger partial charge in [0.15, 0.2) is 6.04 Å². The minimum atomic E-state index is -0.954. The monoisotopic (exact) mass is 267 g/mol. The number of imidazole rings is 1. The fourth-order valence-corrected chi connectivity index (χ4v) is 1.52. The molecule has 0 saturated carbocycles. The number of aliphatic carboxylic acids is 1. The van der Waals surface area contributed by atoms with Crippen molar-refractivity contribution in [1.82, 2.24) is 9.97 Å². The Morgan fingerprint density at radius 1 is 1.42 bits per heavy atom. The third kappa shape index (κ3) is 4.98. The molecule has 0 bridgehead atoms. The van der Waals surface area contributed by atoms with E-state index in [9.17, 15) is 4.79 Å². The maximum atomic E-state index is 11.1. The second kappa shape index (κ2) is 7.89. The Bertz CT molecular complexity index is 526. The van der Waals surface area contributed by atoms with E-state index < -0.39 is 12.0 Å². The SMILES string of the molecule is O=C(O)C(Cc1c[nH]cn1)/N=C/c1ccccc1.[NaH]. The van der Waals surface area contributed by atoms with Gasteiger partial charge in [0.1, 0.15) is 0 Å².